The molecule has 0 heterocycles. The molecule has 0 aromatic rings. The van der Waals surface area contributed by atoms with Crippen molar-refractivity contribution in [2.75, 3.05) is 6.61 Å². The number of hydrogen-bond acceptors (Lipinski definition) is 3. The van der Waals surface area contributed by atoms with E-state index in [-0.39, 0.29) is 23.2 Å². The van der Waals surface area contributed by atoms with Crippen LogP contribution in [-0.4, -0.2) is 18.8 Å². The van der Waals surface area contributed by atoms with E-state index < -0.39 is 12.1 Å². The highest BCUT2D eigenvalue weighted by Gasteiger charge is 2.65. The standard InChI is InChI=1S/C23H38FNO2/c1-5-7-8-26-17(4)27-23(24)20-10-18-11-21(23)14-22(12-18,13-20)19(6-2)9-16(3)15-25/h16-21H,5-14H2,1-4H3. The SMILES string of the molecule is CCCCOC(C)OC1(F)C2CC3CC1CC(C(CC)CC(C)C#N)(C3)C2. The molecule has 0 aromatic heterocycles. The van der Waals surface area contributed by atoms with E-state index in [0.29, 0.717) is 18.4 Å². The smallest absolute Gasteiger partial charge is 0.217 e. The topological polar surface area (TPSA) is 42.2 Å². The first-order valence-corrected chi connectivity index (χ1v) is 11.2. The van der Waals surface area contributed by atoms with Gasteiger partial charge in [0.25, 0.3) is 0 Å². The quantitative estimate of drug-likeness (QED) is 0.333. The Morgan fingerprint density at radius 3 is 2.37 bits per heavy atom. The highest BCUT2D eigenvalue weighted by atomic mass is 19.2. The fourth-order valence-electron chi connectivity index (χ4n) is 6.68. The van der Waals surface area contributed by atoms with E-state index in [9.17, 15) is 5.26 Å². The molecule has 4 aliphatic rings. The van der Waals surface area contributed by atoms with Gasteiger partial charge in [-0.3, -0.25) is 0 Å². The van der Waals surface area contributed by atoms with Crippen molar-refractivity contribution in [1.29, 1.82) is 5.26 Å². The van der Waals surface area contributed by atoms with Gasteiger partial charge in [-0.2, -0.15) is 5.26 Å². The summed E-state index contributed by atoms with van der Waals surface area (Å²) in [5, 5.41) is 9.29. The van der Waals surface area contributed by atoms with Gasteiger partial charge < -0.3 is 9.47 Å². The summed E-state index contributed by atoms with van der Waals surface area (Å²) in [6.45, 7) is 8.89. The van der Waals surface area contributed by atoms with Crippen LogP contribution in [0.5, 0.6) is 0 Å². The van der Waals surface area contributed by atoms with Crippen molar-refractivity contribution >= 4 is 0 Å². The van der Waals surface area contributed by atoms with Crippen molar-refractivity contribution < 1.29 is 13.9 Å². The third kappa shape index (κ3) is 4.06. The molecule has 27 heavy (non-hydrogen) atoms. The molecule has 3 nitrogen and oxygen atoms in total. The zero-order chi connectivity index (χ0) is 19.7. The lowest BCUT2D eigenvalue weighted by Gasteiger charge is -2.64. The molecule has 5 atom stereocenters. The monoisotopic (exact) mass is 379 g/mol. The third-order valence-electron chi connectivity index (χ3n) is 7.76. The number of ether oxygens (including phenoxy) is 2. The van der Waals surface area contributed by atoms with Crippen LogP contribution >= 0.6 is 0 Å². The Morgan fingerprint density at radius 2 is 1.81 bits per heavy atom. The predicted octanol–water partition coefficient (Wildman–Crippen LogP) is 6.23. The molecule has 4 heteroatoms. The minimum Gasteiger partial charge on any atom is -0.353 e. The van der Waals surface area contributed by atoms with Crippen LogP contribution in [0.1, 0.15) is 85.5 Å². The predicted molar refractivity (Wildman–Crippen MR) is 104 cm³/mol. The fraction of sp³-hybridized carbons (Fsp3) is 0.957. The molecule has 4 bridgehead atoms. The maximum Gasteiger partial charge on any atom is 0.217 e. The molecular weight excluding hydrogens is 341 g/mol. The van der Waals surface area contributed by atoms with E-state index in [4.69, 9.17) is 9.47 Å². The van der Waals surface area contributed by atoms with E-state index in [0.717, 1.165) is 51.4 Å². The lowest BCUT2D eigenvalue weighted by Crippen LogP contribution is -2.62. The zero-order valence-corrected chi connectivity index (χ0v) is 17.7. The van der Waals surface area contributed by atoms with Gasteiger partial charge in [0.05, 0.1) is 6.07 Å². The summed E-state index contributed by atoms with van der Waals surface area (Å²) in [7, 11) is 0. The van der Waals surface area contributed by atoms with Crippen LogP contribution in [0.15, 0.2) is 0 Å². The fourth-order valence-corrected chi connectivity index (χ4v) is 6.68. The van der Waals surface area contributed by atoms with E-state index in [2.05, 4.69) is 19.9 Å². The molecule has 0 aromatic carbocycles. The van der Waals surface area contributed by atoms with Crippen molar-refractivity contribution in [2.24, 2.45) is 35.0 Å². The van der Waals surface area contributed by atoms with Gasteiger partial charge in [0.1, 0.15) is 0 Å². The molecule has 0 saturated heterocycles. The Bertz CT molecular complexity index is 529. The van der Waals surface area contributed by atoms with E-state index >= 15 is 4.39 Å². The van der Waals surface area contributed by atoms with Crippen LogP contribution < -0.4 is 0 Å². The van der Waals surface area contributed by atoms with Crippen LogP contribution in [0.4, 0.5) is 4.39 Å². The maximum absolute atomic E-state index is 16.1. The number of rotatable bonds is 10. The summed E-state index contributed by atoms with van der Waals surface area (Å²) in [6.07, 6.45) is 8.63. The highest BCUT2D eigenvalue weighted by molar-refractivity contribution is 5.10. The first-order chi connectivity index (χ1) is 12.9. The minimum absolute atomic E-state index is 0.00702. The minimum atomic E-state index is -1.52. The largest absolute Gasteiger partial charge is 0.353 e. The van der Waals surface area contributed by atoms with Crippen molar-refractivity contribution in [3.05, 3.63) is 0 Å². The van der Waals surface area contributed by atoms with E-state index in [1.54, 1.807) is 0 Å². The van der Waals surface area contributed by atoms with Gasteiger partial charge in [0.15, 0.2) is 6.29 Å². The first-order valence-electron chi connectivity index (χ1n) is 11.2. The van der Waals surface area contributed by atoms with E-state index in [1.165, 1.54) is 6.42 Å². The maximum atomic E-state index is 16.1. The Morgan fingerprint density at radius 1 is 1.15 bits per heavy atom. The summed E-state index contributed by atoms with van der Waals surface area (Å²) in [4.78, 5) is 0. The summed E-state index contributed by atoms with van der Waals surface area (Å²) in [5.74, 6) is -0.285. The molecule has 0 aliphatic heterocycles. The molecule has 4 rings (SSSR count). The van der Waals surface area contributed by atoms with Crippen molar-refractivity contribution in [1.82, 2.24) is 0 Å². The number of hydrogen-bond donors (Lipinski definition) is 0. The van der Waals surface area contributed by atoms with Crippen LogP contribution in [0.3, 0.4) is 0 Å². The van der Waals surface area contributed by atoms with Gasteiger partial charge in [-0.1, -0.05) is 26.7 Å². The lowest BCUT2D eigenvalue weighted by atomic mass is 9.44. The van der Waals surface area contributed by atoms with Gasteiger partial charge in [-0.15, -0.1) is 0 Å². The average molecular weight is 380 g/mol. The molecule has 5 unspecified atom stereocenters. The summed E-state index contributed by atoms with van der Waals surface area (Å²) < 4.78 is 27.8. The Hall–Kier alpha value is -0.660. The van der Waals surface area contributed by atoms with Crippen LogP contribution in [-0.2, 0) is 9.47 Å². The summed E-state index contributed by atoms with van der Waals surface area (Å²) >= 11 is 0. The van der Waals surface area contributed by atoms with Crippen molar-refractivity contribution in [2.45, 2.75) is 97.6 Å². The molecule has 0 radical (unpaired) electrons. The van der Waals surface area contributed by atoms with Crippen LogP contribution in [0.25, 0.3) is 0 Å². The first kappa shape index (κ1) is 21.1. The number of halogens is 1. The normalized spacial score (nSPS) is 40.5. The van der Waals surface area contributed by atoms with Crippen molar-refractivity contribution in [3.8, 4) is 6.07 Å². The van der Waals surface area contributed by atoms with Gasteiger partial charge in [0.2, 0.25) is 5.85 Å². The molecule has 0 spiro atoms. The summed E-state index contributed by atoms with van der Waals surface area (Å²) in [5.41, 5.74) is 0.224. The molecule has 4 saturated carbocycles. The molecule has 4 fully saturated rings. The van der Waals surface area contributed by atoms with Crippen molar-refractivity contribution in [3.63, 3.8) is 0 Å². The highest BCUT2D eigenvalue weighted by Crippen LogP contribution is 2.68. The van der Waals surface area contributed by atoms with Gasteiger partial charge in [-0.25, -0.2) is 4.39 Å². The van der Waals surface area contributed by atoms with Crippen LogP contribution in [0.2, 0.25) is 0 Å². The molecule has 4 aliphatic carbocycles. The Labute approximate surface area is 165 Å². The number of nitriles is 1. The Kier molecular flexibility index (Phi) is 6.53. The Balaban J connectivity index is 1.71. The number of nitrogens with zero attached hydrogens (tertiary/aromatic N) is 1. The van der Waals surface area contributed by atoms with Gasteiger partial charge >= 0.3 is 0 Å². The van der Waals surface area contributed by atoms with E-state index in [1.807, 2.05) is 13.8 Å². The molecule has 0 N–H and O–H groups in total. The van der Waals surface area contributed by atoms with Gasteiger partial charge in [0, 0.05) is 24.4 Å². The second kappa shape index (κ2) is 8.37. The number of alkyl halides is 1. The molecular formula is C23H38FNO2. The summed E-state index contributed by atoms with van der Waals surface area (Å²) in [6, 6.07) is 2.41. The molecule has 154 valence electrons. The second-order valence-corrected chi connectivity index (χ2v) is 9.68. The lowest BCUT2D eigenvalue weighted by molar-refractivity contribution is -0.343. The van der Waals surface area contributed by atoms with Crippen LogP contribution in [0, 0.1) is 46.3 Å². The van der Waals surface area contributed by atoms with Gasteiger partial charge in [-0.05, 0) is 76.0 Å². The zero-order valence-electron chi connectivity index (χ0n) is 17.7. The average Bonchev–Trinajstić information content (AvgIpc) is 2.63. The number of unbranched alkanes of at least 4 members (excludes halogenated alkanes) is 1. The second-order valence-electron chi connectivity index (χ2n) is 9.68. The molecule has 0 amide bonds. The third-order valence-corrected chi connectivity index (χ3v) is 7.76.